The Kier molecular flexibility index (Phi) is 3.20. The van der Waals surface area contributed by atoms with Gasteiger partial charge in [-0.2, -0.15) is 0 Å². The van der Waals surface area contributed by atoms with E-state index >= 15 is 0 Å². The molecule has 0 aromatic rings. The first-order valence-electron chi connectivity index (χ1n) is 7.64. The first-order chi connectivity index (χ1) is 8.26. The van der Waals surface area contributed by atoms with Crippen molar-refractivity contribution in [2.45, 2.75) is 63.9 Å². The number of nitrogens with two attached hydrogens (primary N) is 1. The van der Waals surface area contributed by atoms with Crippen molar-refractivity contribution in [3.05, 3.63) is 0 Å². The van der Waals surface area contributed by atoms with Gasteiger partial charge in [-0.25, -0.2) is 0 Å². The van der Waals surface area contributed by atoms with Crippen molar-refractivity contribution in [2.75, 3.05) is 6.54 Å². The number of hydrogen-bond donors (Lipinski definition) is 2. The number of aliphatic hydroxyl groups is 1. The lowest BCUT2D eigenvalue weighted by molar-refractivity contribution is -0.0571. The van der Waals surface area contributed by atoms with Crippen molar-refractivity contribution in [3.8, 4) is 0 Å². The molecule has 0 saturated heterocycles. The van der Waals surface area contributed by atoms with E-state index in [0.29, 0.717) is 12.5 Å². The largest absolute Gasteiger partial charge is 0.392 e. The quantitative estimate of drug-likeness (QED) is 0.793. The van der Waals surface area contributed by atoms with Crippen LogP contribution < -0.4 is 5.73 Å². The summed E-state index contributed by atoms with van der Waals surface area (Å²) in [5.41, 5.74) is 6.21. The lowest BCUT2D eigenvalue weighted by Gasteiger charge is -2.45. The van der Waals surface area contributed by atoms with Gasteiger partial charge < -0.3 is 10.8 Å². The molecule has 2 bridgehead atoms. The second kappa shape index (κ2) is 4.55. The maximum atomic E-state index is 10.9. The fraction of sp³-hybridized carbons (Fsp3) is 1.00. The molecule has 3 rings (SSSR count). The van der Waals surface area contributed by atoms with E-state index in [1.54, 1.807) is 0 Å². The molecule has 17 heavy (non-hydrogen) atoms. The molecule has 0 amide bonds. The Morgan fingerprint density at radius 2 is 1.88 bits per heavy atom. The average molecular weight is 237 g/mol. The second-order valence-corrected chi connectivity index (χ2v) is 6.86. The topological polar surface area (TPSA) is 46.2 Å². The number of aliphatic hydroxyl groups excluding tert-OH is 1. The first-order valence-corrected chi connectivity index (χ1v) is 7.64. The van der Waals surface area contributed by atoms with E-state index in [-0.39, 0.29) is 11.5 Å². The third kappa shape index (κ3) is 1.84. The van der Waals surface area contributed by atoms with Gasteiger partial charge >= 0.3 is 0 Å². The molecule has 0 radical (unpaired) electrons. The minimum atomic E-state index is -0.108. The lowest BCUT2D eigenvalue weighted by Crippen LogP contribution is -2.49. The molecule has 0 heterocycles. The van der Waals surface area contributed by atoms with Gasteiger partial charge in [-0.1, -0.05) is 25.7 Å². The molecule has 2 nitrogen and oxygen atoms in total. The van der Waals surface area contributed by atoms with Crippen LogP contribution in [0.1, 0.15) is 57.8 Å². The standard InChI is InChI=1S/C15H27NO/c16-10-15(9-11-6-7-13(15)8-11)14(17)12-4-2-1-3-5-12/h11-14,17H,1-10,16H2. The van der Waals surface area contributed by atoms with Crippen molar-refractivity contribution in [3.63, 3.8) is 0 Å². The fourth-order valence-electron chi connectivity index (χ4n) is 5.14. The van der Waals surface area contributed by atoms with Crippen molar-refractivity contribution in [1.29, 1.82) is 0 Å². The van der Waals surface area contributed by atoms with E-state index in [2.05, 4.69) is 0 Å². The normalized spacial score (nSPS) is 44.1. The predicted octanol–water partition coefficient (Wildman–Crippen LogP) is 2.69. The Morgan fingerprint density at radius 3 is 2.41 bits per heavy atom. The van der Waals surface area contributed by atoms with Gasteiger partial charge in [0.2, 0.25) is 0 Å². The number of hydrogen-bond acceptors (Lipinski definition) is 2. The van der Waals surface area contributed by atoms with Gasteiger partial charge in [0.05, 0.1) is 6.10 Å². The molecule has 98 valence electrons. The van der Waals surface area contributed by atoms with E-state index < -0.39 is 0 Å². The van der Waals surface area contributed by atoms with Crippen LogP contribution in [0.15, 0.2) is 0 Å². The zero-order valence-electron chi connectivity index (χ0n) is 10.9. The predicted molar refractivity (Wildman–Crippen MR) is 69.5 cm³/mol. The van der Waals surface area contributed by atoms with E-state index in [1.165, 1.54) is 57.8 Å². The Balaban J connectivity index is 1.75. The van der Waals surface area contributed by atoms with Crippen molar-refractivity contribution in [2.24, 2.45) is 28.9 Å². The van der Waals surface area contributed by atoms with Crippen LogP contribution in [0.2, 0.25) is 0 Å². The van der Waals surface area contributed by atoms with Crippen LogP contribution in [-0.2, 0) is 0 Å². The summed E-state index contributed by atoms with van der Waals surface area (Å²) in [5.74, 6) is 2.16. The summed E-state index contributed by atoms with van der Waals surface area (Å²) < 4.78 is 0. The van der Waals surface area contributed by atoms with Crippen molar-refractivity contribution in [1.82, 2.24) is 0 Å². The van der Waals surface area contributed by atoms with Gasteiger partial charge in [0.1, 0.15) is 0 Å². The highest BCUT2D eigenvalue weighted by Crippen LogP contribution is 2.58. The molecule has 0 aromatic heterocycles. The molecule has 3 aliphatic rings. The summed E-state index contributed by atoms with van der Waals surface area (Å²) >= 11 is 0. The van der Waals surface area contributed by atoms with Gasteiger partial charge in [0, 0.05) is 12.0 Å². The molecule has 3 saturated carbocycles. The van der Waals surface area contributed by atoms with Gasteiger partial charge in [-0.3, -0.25) is 0 Å². The van der Waals surface area contributed by atoms with Crippen LogP contribution in [0.25, 0.3) is 0 Å². The third-order valence-corrected chi connectivity index (χ3v) is 6.09. The smallest absolute Gasteiger partial charge is 0.0639 e. The lowest BCUT2D eigenvalue weighted by atomic mass is 9.64. The summed E-state index contributed by atoms with van der Waals surface area (Å²) in [5, 5.41) is 10.9. The molecule has 0 aliphatic heterocycles. The van der Waals surface area contributed by atoms with Gasteiger partial charge in [-0.05, 0) is 49.9 Å². The van der Waals surface area contributed by atoms with Gasteiger partial charge in [-0.15, -0.1) is 0 Å². The van der Waals surface area contributed by atoms with Crippen LogP contribution in [0, 0.1) is 23.2 Å². The van der Waals surface area contributed by atoms with Gasteiger partial charge in [0.15, 0.2) is 0 Å². The van der Waals surface area contributed by atoms with Crippen LogP contribution in [0.3, 0.4) is 0 Å². The molecule has 4 unspecified atom stereocenters. The molecule has 3 N–H and O–H groups in total. The average Bonchev–Trinajstić information content (AvgIpc) is 2.99. The zero-order valence-corrected chi connectivity index (χ0v) is 10.9. The number of rotatable bonds is 3. The summed E-state index contributed by atoms with van der Waals surface area (Å²) in [6.45, 7) is 0.714. The van der Waals surface area contributed by atoms with Crippen molar-refractivity contribution < 1.29 is 5.11 Å². The monoisotopic (exact) mass is 237 g/mol. The maximum absolute atomic E-state index is 10.9. The van der Waals surface area contributed by atoms with Crippen LogP contribution in [-0.4, -0.2) is 17.8 Å². The molecule has 3 aliphatic carbocycles. The highest BCUT2D eigenvalue weighted by molar-refractivity contribution is 5.05. The highest BCUT2D eigenvalue weighted by Gasteiger charge is 2.55. The number of fused-ring (bicyclic) bond motifs is 2. The minimum Gasteiger partial charge on any atom is -0.392 e. The Bertz CT molecular complexity index is 274. The summed E-state index contributed by atoms with van der Waals surface area (Å²) in [6, 6.07) is 0. The van der Waals surface area contributed by atoms with E-state index in [4.69, 9.17) is 5.73 Å². The molecular weight excluding hydrogens is 210 g/mol. The molecule has 2 heteroatoms. The molecule has 0 aromatic carbocycles. The molecular formula is C15H27NO. The fourth-order valence-corrected chi connectivity index (χ4v) is 5.14. The summed E-state index contributed by atoms with van der Waals surface area (Å²) in [4.78, 5) is 0. The molecule has 4 atom stereocenters. The van der Waals surface area contributed by atoms with Crippen LogP contribution in [0.5, 0.6) is 0 Å². The zero-order chi connectivity index (χ0) is 11.9. The van der Waals surface area contributed by atoms with E-state index in [9.17, 15) is 5.11 Å². The van der Waals surface area contributed by atoms with E-state index in [1.807, 2.05) is 0 Å². The first kappa shape index (κ1) is 12.0. The maximum Gasteiger partial charge on any atom is 0.0639 e. The van der Waals surface area contributed by atoms with Crippen molar-refractivity contribution >= 4 is 0 Å². The van der Waals surface area contributed by atoms with Crippen LogP contribution in [0.4, 0.5) is 0 Å². The summed E-state index contributed by atoms with van der Waals surface area (Å²) in [6.07, 6.45) is 11.6. The Hall–Kier alpha value is -0.0800. The third-order valence-electron chi connectivity index (χ3n) is 6.09. The van der Waals surface area contributed by atoms with Crippen LogP contribution >= 0.6 is 0 Å². The SMILES string of the molecule is NCC1(C(O)C2CCCCC2)CC2CCC1C2. The Labute approximate surface area is 105 Å². The van der Waals surface area contributed by atoms with E-state index in [0.717, 1.165) is 11.8 Å². The Morgan fingerprint density at radius 1 is 1.12 bits per heavy atom. The molecule has 3 fully saturated rings. The second-order valence-electron chi connectivity index (χ2n) is 6.86. The van der Waals surface area contributed by atoms with Gasteiger partial charge in [0.25, 0.3) is 0 Å². The minimum absolute atomic E-state index is 0.102. The molecule has 0 spiro atoms. The highest BCUT2D eigenvalue weighted by atomic mass is 16.3. The summed E-state index contributed by atoms with van der Waals surface area (Å²) in [7, 11) is 0.